The van der Waals surface area contributed by atoms with Crippen molar-refractivity contribution in [3.05, 3.63) is 35.8 Å². The number of carbonyl (C=O) groups is 4. The molecular formula is C14H14O10. The van der Waals surface area contributed by atoms with E-state index in [9.17, 15) is 34.5 Å². The molecule has 0 heterocycles. The Bertz CT molecular complexity index is 671. The summed E-state index contributed by atoms with van der Waals surface area (Å²) in [5.74, 6) is -8.75. The van der Waals surface area contributed by atoms with Gasteiger partial charge in [0.1, 0.15) is 0 Å². The molecular weight excluding hydrogens is 328 g/mol. The number of allylic oxidation sites excluding steroid dienone is 4. The number of aliphatic hydroxyl groups excluding tert-OH is 2. The third-order valence-electron chi connectivity index (χ3n) is 3.21. The van der Waals surface area contributed by atoms with Gasteiger partial charge in [0.2, 0.25) is 17.3 Å². The Hall–Kier alpha value is -2.98. The molecule has 0 fully saturated rings. The van der Waals surface area contributed by atoms with Crippen molar-refractivity contribution in [2.45, 2.75) is 11.7 Å². The molecule has 10 heteroatoms. The van der Waals surface area contributed by atoms with Gasteiger partial charge >= 0.3 is 11.9 Å². The lowest BCUT2D eigenvalue weighted by Gasteiger charge is -2.23. The molecule has 0 saturated carbocycles. The van der Waals surface area contributed by atoms with Gasteiger partial charge in [-0.25, -0.2) is 9.59 Å². The van der Waals surface area contributed by atoms with Gasteiger partial charge in [-0.15, -0.1) is 0 Å². The van der Waals surface area contributed by atoms with Crippen molar-refractivity contribution in [2.24, 2.45) is 5.92 Å². The summed E-state index contributed by atoms with van der Waals surface area (Å²) in [6.07, 6.45) is 0.688. The van der Waals surface area contributed by atoms with E-state index >= 15 is 0 Å². The highest BCUT2D eigenvalue weighted by molar-refractivity contribution is 6.15. The summed E-state index contributed by atoms with van der Waals surface area (Å²) in [5.41, 5.74) is -3.62. The van der Waals surface area contributed by atoms with Crippen LogP contribution in [0.2, 0.25) is 0 Å². The minimum Gasteiger partial charge on any atom is -0.504 e. The van der Waals surface area contributed by atoms with Gasteiger partial charge in [0.15, 0.2) is 11.9 Å². The average Bonchev–Trinajstić information content (AvgIpc) is 2.52. The van der Waals surface area contributed by atoms with Gasteiger partial charge in [0.05, 0.1) is 13.0 Å². The highest BCUT2D eigenvalue weighted by atomic mass is 16.5. The highest BCUT2D eigenvalue weighted by Gasteiger charge is 2.53. The monoisotopic (exact) mass is 342 g/mol. The Balaban J connectivity index is 3.08. The van der Waals surface area contributed by atoms with E-state index < -0.39 is 52.6 Å². The maximum Gasteiger partial charge on any atom is 0.347 e. The average molecular weight is 342 g/mol. The summed E-state index contributed by atoms with van der Waals surface area (Å²) in [6.45, 7) is 0. The fraction of sp³-hybridized carbons (Fsp3) is 0.286. The number of ketones is 2. The van der Waals surface area contributed by atoms with Crippen molar-refractivity contribution in [1.29, 1.82) is 0 Å². The fourth-order valence-corrected chi connectivity index (χ4v) is 1.85. The number of methoxy groups -OCH3 is 1. The van der Waals surface area contributed by atoms with Crippen molar-refractivity contribution < 1.29 is 49.4 Å². The molecule has 1 aliphatic carbocycles. The third kappa shape index (κ3) is 3.34. The largest absolute Gasteiger partial charge is 0.504 e. The number of hydrogen-bond acceptors (Lipinski definition) is 8. The number of carboxylic acid groups (broad SMARTS) is 2. The van der Waals surface area contributed by atoms with Gasteiger partial charge in [-0.1, -0.05) is 12.2 Å². The molecule has 3 unspecified atom stereocenters. The predicted octanol–water partition coefficient (Wildman–Crippen LogP) is -1.46. The summed E-state index contributed by atoms with van der Waals surface area (Å²) in [5, 5.41) is 45.9. The van der Waals surface area contributed by atoms with Crippen LogP contribution < -0.4 is 0 Å². The predicted molar refractivity (Wildman–Crippen MR) is 74.7 cm³/mol. The lowest BCUT2D eigenvalue weighted by Crippen LogP contribution is -2.58. The van der Waals surface area contributed by atoms with E-state index in [1.54, 1.807) is 0 Å². The molecule has 5 N–H and O–H groups in total. The van der Waals surface area contributed by atoms with Crippen LogP contribution in [0.4, 0.5) is 0 Å². The van der Waals surface area contributed by atoms with E-state index in [1.807, 2.05) is 0 Å². The van der Waals surface area contributed by atoms with Crippen LogP contribution in [0.5, 0.6) is 0 Å². The maximum atomic E-state index is 11.9. The first kappa shape index (κ1) is 19.1. The molecule has 0 amide bonds. The number of hydrogen-bond donors (Lipinski definition) is 5. The molecule has 3 atom stereocenters. The molecule has 1 aliphatic rings. The van der Waals surface area contributed by atoms with Crippen LogP contribution in [0.15, 0.2) is 35.8 Å². The Morgan fingerprint density at radius 2 is 1.92 bits per heavy atom. The number of ether oxygens (including phenoxy) is 1. The van der Waals surface area contributed by atoms with Gasteiger partial charge in [-0.05, 0) is 12.2 Å². The summed E-state index contributed by atoms with van der Waals surface area (Å²) in [4.78, 5) is 45.4. The molecule has 0 aromatic rings. The number of Topliss-reactive ketones (excluding diaryl/α,β-unsaturated/α-hetero) is 1. The van der Waals surface area contributed by atoms with Gasteiger partial charge < -0.3 is 30.3 Å². The Morgan fingerprint density at radius 3 is 2.38 bits per heavy atom. The zero-order chi connectivity index (χ0) is 18.7. The van der Waals surface area contributed by atoms with Crippen LogP contribution in [-0.4, -0.2) is 67.9 Å². The van der Waals surface area contributed by atoms with Crippen LogP contribution in [0.3, 0.4) is 0 Å². The normalized spacial score (nSPS) is 21.5. The first-order valence-corrected chi connectivity index (χ1v) is 6.36. The molecule has 0 bridgehead atoms. The number of rotatable bonds is 7. The van der Waals surface area contributed by atoms with Crippen LogP contribution in [0, 0.1) is 5.92 Å². The van der Waals surface area contributed by atoms with E-state index in [4.69, 9.17) is 10.2 Å². The number of carbonyl (C=O) groups excluding carboxylic acids is 2. The summed E-state index contributed by atoms with van der Waals surface area (Å²) in [6, 6.07) is 0. The number of aliphatic carboxylic acids is 2. The van der Waals surface area contributed by atoms with Crippen molar-refractivity contribution in [1.82, 2.24) is 0 Å². The number of aliphatic hydroxyl groups is 3. The van der Waals surface area contributed by atoms with Crippen LogP contribution in [0.25, 0.3) is 0 Å². The lowest BCUT2D eigenvalue weighted by molar-refractivity contribution is -0.184. The molecule has 1 rings (SSSR count). The Kier molecular flexibility index (Phi) is 5.61. The molecule has 0 radical (unpaired) electrons. The fourth-order valence-electron chi connectivity index (χ4n) is 1.85. The minimum absolute atomic E-state index is 0.390. The number of carboxylic acids is 2. The van der Waals surface area contributed by atoms with Crippen molar-refractivity contribution in [3.63, 3.8) is 0 Å². The Labute approximate surface area is 134 Å². The molecule has 0 aromatic heterocycles. The summed E-state index contributed by atoms with van der Waals surface area (Å²) in [7, 11) is 1.13. The first-order chi connectivity index (χ1) is 11.1. The second-order valence-corrected chi connectivity index (χ2v) is 4.70. The minimum atomic E-state index is -3.62. The molecule has 0 saturated heterocycles. The second kappa shape index (κ2) is 7.06. The van der Waals surface area contributed by atoms with E-state index in [2.05, 4.69) is 4.74 Å². The van der Waals surface area contributed by atoms with Gasteiger partial charge in [0.25, 0.3) is 5.60 Å². The van der Waals surface area contributed by atoms with Gasteiger partial charge in [-0.3, -0.25) is 9.59 Å². The molecule has 0 aromatic carbocycles. The highest BCUT2D eigenvalue weighted by Crippen LogP contribution is 2.21. The quantitative estimate of drug-likeness (QED) is 0.271. The van der Waals surface area contributed by atoms with E-state index in [-0.39, 0.29) is 0 Å². The molecule has 0 aliphatic heterocycles. The van der Waals surface area contributed by atoms with Crippen molar-refractivity contribution >= 4 is 23.5 Å². The van der Waals surface area contributed by atoms with Crippen LogP contribution >= 0.6 is 0 Å². The first-order valence-electron chi connectivity index (χ1n) is 6.36. The van der Waals surface area contributed by atoms with E-state index in [0.29, 0.717) is 6.08 Å². The van der Waals surface area contributed by atoms with Gasteiger partial charge in [-0.2, -0.15) is 0 Å². The Morgan fingerprint density at radius 1 is 1.33 bits per heavy atom. The zero-order valence-electron chi connectivity index (χ0n) is 12.2. The van der Waals surface area contributed by atoms with Crippen molar-refractivity contribution in [2.75, 3.05) is 7.11 Å². The lowest BCUT2D eigenvalue weighted by atomic mass is 9.89. The van der Waals surface area contributed by atoms with E-state index in [1.165, 1.54) is 0 Å². The topological polar surface area (TPSA) is 179 Å². The zero-order valence-corrected chi connectivity index (χ0v) is 12.2. The second-order valence-electron chi connectivity index (χ2n) is 4.70. The molecule has 0 spiro atoms. The maximum absolute atomic E-state index is 11.9. The van der Waals surface area contributed by atoms with E-state index in [0.717, 1.165) is 25.3 Å². The van der Waals surface area contributed by atoms with Crippen molar-refractivity contribution in [3.8, 4) is 0 Å². The standard InChI is InChI=1S/C14H14O10/c1-24-10-7(15)4-2-6(9(10)17)3-5-8(16)14(23,13(21)22)11(18)12(19)20/h2-6,11,15,18,23H,1H3,(H,19,20)(H,21,22)/b5-3+. The smallest absolute Gasteiger partial charge is 0.347 e. The molecule has 130 valence electrons. The van der Waals surface area contributed by atoms with Crippen LogP contribution in [-0.2, 0) is 23.9 Å². The molecule has 24 heavy (non-hydrogen) atoms. The summed E-state index contributed by atoms with van der Waals surface area (Å²) >= 11 is 0. The SMILES string of the molecule is COC1=C(O)C=CC(/C=C/C(=O)C(O)(C(=O)O)C(O)C(=O)O)C1=O. The summed E-state index contributed by atoms with van der Waals surface area (Å²) < 4.78 is 4.68. The third-order valence-corrected chi connectivity index (χ3v) is 3.21. The van der Waals surface area contributed by atoms with Gasteiger partial charge in [0, 0.05) is 0 Å². The van der Waals surface area contributed by atoms with Crippen LogP contribution in [0.1, 0.15) is 0 Å². The molecule has 10 nitrogen and oxygen atoms in total.